The van der Waals surface area contributed by atoms with Crippen molar-refractivity contribution in [3.05, 3.63) is 33.9 Å². The van der Waals surface area contributed by atoms with Crippen LogP contribution in [0.2, 0.25) is 0 Å². The third kappa shape index (κ3) is 2.63. The molecular weight excluding hydrogens is 270 g/mol. The number of allylic oxidation sites excluding steroid dienone is 3. The van der Waals surface area contributed by atoms with E-state index < -0.39 is 0 Å². The maximum atomic E-state index is 6.15. The summed E-state index contributed by atoms with van der Waals surface area (Å²) >= 11 is 1.78. The minimum Gasteiger partial charge on any atom is -0.439 e. The highest BCUT2D eigenvalue weighted by atomic mass is 32.1. The van der Waals surface area contributed by atoms with Crippen molar-refractivity contribution in [1.82, 2.24) is 4.90 Å². The van der Waals surface area contributed by atoms with Gasteiger partial charge in [0.25, 0.3) is 0 Å². The Balaban J connectivity index is 1.92. The number of nitrogens with zero attached hydrogens (tertiary/aromatic N) is 1. The second-order valence-electron chi connectivity index (χ2n) is 5.21. The molecule has 3 heterocycles. The van der Waals surface area contributed by atoms with Crippen molar-refractivity contribution in [3.8, 4) is 5.75 Å². The van der Waals surface area contributed by atoms with Gasteiger partial charge in [0.15, 0.2) is 11.6 Å². The fraction of sp³-hybridized carbons (Fsp3) is 0.500. The first-order valence-corrected chi connectivity index (χ1v) is 8.18. The number of ether oxygens (including phenoxy) is 2. The number of morpholine rings is 1. The summed E-state index contributed by atoms with van der Waals surface area (Å²) in [5, 5.41) is 2.18. The van der Waals surface area contributed by atoms with Crippen molar-refractivity contribution >= 4 is 16.9 Å². The van der Waals surface area contributed by atoms with E-state index in [2.05, 4.69) is 36.3 Å². The van der Waals surface area contributed by atoms with Gasteiger partial charge in [0.2, 0.25) is 0 Å². The van der Waals surface area contributed by atoms with Crippen molar-refractivity contribution in [2.45, 2.75) is 26.7 Å². The van der Waals surface area contributed by atoms with Gasteiger partial charge in [0.1, 0.15) is 0 Å². The van der Waals surface area contributed by atoms with E-state index in [1.54, 1.807) is 11.3 Å². The van der Waals surface area contributed by atoms with E-state index >= 15 is 0 Å². The van der Waals surface area contributed by atoms with Crippen LogP contribution in [-0.4, -0.2) is 31.2 Å². The van der Waals surface area contributed by atoms with Gasteiger partial charge in [-0.3, -0.25) is 0 Å². The minimum atomic E-state index is 0.782. The molecule has 4 heteroatoms. The third-order valence-electron chi connectivity index (χ3n) is 3.64. The zero-order valence-corrected chi connectivity index (χ0v) is 13.0. The van der Waals surface area contributed by atoms with Crippen LogP contribution < -0.4 is 4.74 Å². The molecule has 0 spiro atoms. The van der Waals surface area contributed by atoms with Crippen LogP contribution in [0.4, 0.5) is 0 Å². The van der Waals surface area contributed by atoms with Gasteiger partial charge in [-0.1, -0.05) is 19.4 Å². The highest BCUT2D eigenvalue weighted by molar-refractivity contribution is 7.11. The number of rotatable bonds is 3. The topological polar surface area (TPSA) is 21.7 Å². The second-order valence-corrected chi connectivity index (χ2v) is 6.09. The molecule has 0 aliphatic carbocycles. The molecule has 0 atom stereocenters. The molecule has 0 aromatic carbocycles. The predicted octanol–water partition coefficient (Wildman–Crippen LogP) is 3.81. The van der Waals surface area contributed by atoms with Crippen molar-refractivity contribution in [2.75, 3.05) is 26.3 Å². The molecule has 1 aromatic rings. The Morgan fingerprint density at radius 3 is 2.90 bits per heavy atom. The van der Waals surface area contributed by atoms with Crippen LogP contribution in [0.25, 0.3) is 5.57 Å². The normalized spacial score (nSPS) is 20.6. The molecule has 0 saturated carbocycles. The van der Waals surface area contributed by atoms with Gasteiger partial charge in [-0.2, -0.15) is 0 Å². The van der Waals surface area contributed by atoms with Crippen molar-refractivity contribution in [2.24, 2.45) is 0 Å². The summed E-state index contributed by atoms with van der Waals surface area (Å²) in [6.45, 7) is 7.71. The number of thiophene rings is 1. The molecule has 20 heavy (non-hydrogen) atoms. The van der Waals surface area contributed by atoms with Crippen LogP contribution in [0.3, 0.4) is 0 Å². The van der Waals surface area contributed by atoms with E-state index in [1.807, 2.05) is 0 Å². The first-order chi connectivity index (χ1) is 9.79. The van der Waals surface area contributed by atoms with Gasteiger partial charge in [0.05, 0.1) is 18.1 Å². The first kappa shape index (κ1) is 13.7. The summed E-state index contributed by atoms with van der Waals surface area (Å²) in [5.74, 6) is 2.02. The zero-order valence-electron chi connectivity index (χ0n) is 12.1. The SMILES string of the molecule is CCCC=C1C=C(N2CCOCC2)Oc2c(C)csc21. The summed E-state index contributed by atoms with van der Waals surface area (Å²) in [7, 11) is 0. The monoisotopic (exact) mass is 291 g/mol. The fourth-order valence-corrected chi connectivity index (χ4v) is 3.47. The van der Waals surface area contributed by atoms with E-state index in [1.165, 1.54) is 22.4 Å². The van der Waals surface area contributed by atoms with Gasteiger partial charge in [-0.15, -0.1) is 11.3 Å². The maximum absolute atomic E-state index is 6.15. The smallest absolute Gasteiger partial charge is 0.196 e. The summed E-state index contributed by atoms with van der Waals surface area (Å²) in [6, 6.07) is 0. The Bertz CT molecular complexity index is 539. The van der Waals surface area contributed by atoms with Crippen LogP contribution in [0.15, 0.2) is 23.4 Å². The number of aryl methyl sites for hydroxylation is 1. The van der Waals surface area contributed by atoms with Gasteiger partial charge in [-0.25, -0.2) is 0 Å². The minimum absolute atomic E-state index is 0.782. The lowest BCUT2D eigenvalue weighted by Gasteiger charge is -2.32. The number of unbranched alkanes of at least 4 members (excludes halogenated alkanes) is 1. The molecule has 0 radical (unpaired) electrons. The zero-order chi connectivity index (χ0) is 13.9. The van der Waals surface area contributed by atoms with E-state index in [-0.39, 0.29) is 0 Å². The molecule has 2 aliphatic heterocycles. The molecule has 2 aliphatic rings. The van der Waals surface area contributed by atoms with E-state index in [4.69, 9.17) is 9.47 Å². The molecule has 1 saturated heterocycles. The van der Waals surface area contributed by atoms with Crippen LogP contribution in [0, 0.1) is 6.92 Å². The Labute approximate surface area is 124 Å². The fourth-order valence-electron chi connectivity index (χ4n) is 2.48. The van der Waals surface area contributed by atoms with Crippen LogP contribution in [0.5, 0.6) is 5.75 Å². The Morgan fingerprint density at radius 2 is 2.15 bits per heavy atom. The average Bonchev–Trinajstić information content (AvgIpc) is 2.87. The third-order valence-corrected chi connectivity index (χ3v) is 4.77. The summed E-state index contributed by atoms with van der Waals surface area (Å²) in [5.41, 5.74) is 2.54. The molecule has 1 fully saturated rings. The number of hydrogen-bond acceptors (Lipinski definition) is 4. The highest BCUT2D eigenvalue weighted by Gasteiger charge is 2.24. The van der Waals surface area contributed by atoms with Gasteiger partial charge in [0, 0.05) is 24.7 Å². The lowest BCUT2D eigenvalue weighted by atomic mass is 10.1. The molecule has 0 unspecified atom stereocenters. The molecule has 0 amide bonds. The largest absolute Gasteiger partial charge is 0.439 e. The average molecular weight is 291 g/mol. The number of hydrogen-bond donors (Lipinski definition) is 0. The van der Waals surface area contributed by atoms with E-state index in [9.17, 15) is 0 Å². The van der Waals surface area contributed by atoms with Crippen LogP contribution >= 0.6 is 11.3 Å². The van der Waals surface area contributed by atoms with E-state index in [0.29, 0.717) is 0 Å². The summed E-state index contributed by atoms with van der Waals surface area (Å²) in [6.07, 6.45) is 6.81. The summed E-state index contributed by atoms with van der Waals surface area (Å²) < 4.78 is 11.6. The standard InChI is InChI=1S/C16H21NO2S/c1-3-4-5-13-10-14(17-6-8-18-9-7-17)19-15-12(2)11-20-16(13)15/h5,10-11H,3-4,6-9H2,1-2H3. The second kappa shape index (κ2) is 6.02. The Morgan fingerprint density at radius 1 is 1.35 bits per heavy atom. The van der Waals surface area contributed by atoms with Crippen LogP contribution in [-0.2, 0) is 4.74 Å². The van der Waals surface area contributed by atoms with Gasteiger partial charge in [-0.05, 0) is 24.3 Å². The highest BCUT2D eigenvalue weighted by Crippen LogP contribution is 2.41. The molecule has 3 rings (SSSR count). The summed E-state index contributed by atoms with van der Waals surface area (Å²) in [4.78, 5) is 3.55. The molecule has 0 N–H and O–H groups in total. The Hall–Kier alpha value is -1.26. The van der Waals surface area contributed by atoms with Gasteiger partial charge < -0.3 is 14.4 Å². The number of fused-ring (bicyclic) bond motifs is 1. The predicted molar refractivity (Wildman–Crippen MR) is 83.0 cm³/mol. The van der Waals surface area contributed by atoms with Gasteiger partial charge >= 0.3 is 0 Å². The molecule has 3 nitrogen and oxygen atoms in total. The molecule has 0 bridgehead atoms. The molecule has 108 valence electrons. The Kier molecular flexibility index (Phi) is 4.13. The lowest BCUT2D eigenvalue weighted by molar-refractivity contribution is 0.0347. The van der Waals surface area contributed by atoms with Crippen LogP contribution in [0.1, 0.15) is 30.2 Å². The van der Waals surface area contributed by atoms with E-state index in [0.717, 1.165) is 44.4 Å². The first-order valence-electron chi connectivity index (χ1n) is 7.30. The lowest BCUT2D eigenvalue weighted by Crippen LogP contribution is -2.37. The van der Waals surface area contributed by atoms with Crippen molar-refractivity contribution in [3.63, 3.8) is 0 Å². The quantitative estimate of drug-likeness (QED) is 0.845. The molecule has 1 aromatic heterocycles. The van der Waals surface area contributed by atoms with Crippen molar-refractivity contribution in [1.29, 1.82) is 0 Å². The molecular formula is C16H21NO2S. The van der Waals surface area contributed by atoms with Crippen molar-refractivity contribution < 1.29 is 9.47 Å². The maximum Gasteiger partial charge on any atom is 0.196 e.